The van der Waals surface area contributed by atoms with Crippen molar-refractivity contribution in [3.8, 4) is 5.88 Å². The average molecular weight is 285 g/mol. The number of hydrogen-bond acceptors (Lipinski definition) is 5. The molecule has 2 heterocycles. The lowest BCUT2D eigenvalue weighted by Crippen LogP contribution is -2.47. The smallest absolute Gasteiger partial charge is 0.388 e. The molecule has 1 aliphatic heterocycles. The molecule has 0 radical (unpaired) electrons. The summed E-state index contributed by atoms with van der Waals surface area (Å²) in [6.45, 7) is 0.660. The third-order valence-electron chi connectivity index (χ3n) is 3.59. The van der Waals surface area contributed by atoms with Crippen LogP contribution >= 0.6 is 0 Å². The van der Waals surface area contributed by atoms with Gasteiger partial charge >= 0.3 is 6.61 Å². The molecule has 0 N–H and O–H groups in total. The number of rotatable bonds is 4. The normalized spacial score (nSPS) is 26.9. The van der Waals surface area contributed by atoms with Gasteiger partial charge in [0.05, 0.1) is 12.2 Å². The van der Waals surface area contributed by atoms with E-state index < -0.39 is 6.61 Å². The van der Waals surface area contributed by atoms with Crippen LogP contribution in [0.3, 0.4) is 0 Å². The number of nitrogens with zero attached hydrogens (tertiary/aromatic N) is 3. The van der Waals surface area contributed by atoms with E-state index in [0.717, 1.165) is 13.1 Å². The third kappa shape index (κ3) is 3.15. The van der Waals surface area contributed by atoms with Gasteiger partial charge in [-0.1, -0.05) is 0 Å². The van der Waals surface area contributed by atoms with E-state index in [2.05, 4.69) is 19.8 Å². The number of morpholine rings is 1. The summed E-state index contributed by atoms with van der Waals surface area (Å²) < 4.78 is 34.2. The molecule has 0 amide bonds. The van der Waals surface area contributed by atoms with E-state index in [4.69, 9.17) is 4.74 Å². The van der Waals surface area contributed by atoms with Crippen LogP contribution in [0.4, 0.5) is 14.6 Å². The highest BCUT2D eigenvalue weighted by Gasteiger charge is 2.37. The van der Waals surface area contributed by atoms with Crippen LogP contribution in [0.15, 0.2) is 12.1 Å². The van der Waals surface area contributed by atoms with E-state index >= 15 is 0 Å². The molecule has 2 unspecified atom stereocenters. The second-order valence-corrected chi connectivity index (χ2v) is 5.34. The Labute approximate surface area is 115 Å². The van der Waals surface area contributed by atoms with Crippen molar-refractivity contribution in [2.75, 3.05) is 18.0 Å². The maximum Gasteiger partial charge on any atom is 0.388 e. The number of anilines is 1. The minimum atomic E-state index is -2.88. The highest BCUT2D eigenvalue weighted by molar-refractivity contribution is 5.39. The predicted octanol–water partition coefficient (Wildman–Crippen LogP) is 2.08. The van der Waals surface area contributed by atoms with Crippen molar-refractivity contribution < 1.29 is 18.3 Å². The number of halogens is 2. The molecule has 5 nitrogen and oxygen atoms in total. The first-order chi connectivity index (χ1) is 9.61. The van der Waals surface area contributed by atoms with Crippen molar-refractivity contribution >= 4 is 5.82 Å². The standard InChI is InChI=1S/C13H17F2N3O2/c1-8-6-18(7-10(19-8)9-2-3-9)11-4-5-12(17-16-11)20-13(14)15/h4-5,8-10,13H,2-3,6-7H2,1H3. The van der Waals surface area contributed by atoms with Crippen molar-refractivity contribution in [1.29, 1.82) is 0 Å². The first-order valence-corrected chi connectivity index (χ1v) is 6.81. The lowest BCUT2D eigenvalue weighted by Gasteiger charge is -2.37. The molecule has 1 aromatic rings. The van der Waals surface area contributed by atoms with E-state index in [1.54, 1.807) is 6.07 Å². The molecule has 2 fully saturated rings. The molecule has 0 bridgehead atoms. The third-order valence-corrected chi connectivity index (χ3v) is 3.59. The Kier molecular flexibility index (Phi) is 3.69. The van der Waals surface area contributed by atoms with Crippen molar-refractivity contribution in [1.82, 2.24) is 10.2 Å². The fourth-order valence-electron chi connectivity index (χ4n) is 2.54. The summed E-state index contributed by atoms with van der Waals surface area (Å²) in [5.41, 5.74) is 0. The Morgan fingerprint density at radius 3 is 2.70 bits per heavy atom. The highest BCUT2D eigenvalue weighted by atomic mass is 19.3. The van der Waals surface area contributed by atoms with E-state index in [1.807, 2.05) is 6.92 Å². The van der Waals surface area contributed by atoms with Crippen LogP contribution in [0.5, 0.6) is 5.88 Å². The van der Waals surface area contributed by atoms with Crippen molar-refractivity contribution in [2.45, 2.75) is 38.6 Å². The van der Waals surface area contributed by atoms with Crippen LogP contribution in [0.2, 0.25) is 0 Å². The van der Waals surface area contributed by atoms with Gasteiger partial charge in [-0.2, -0.15) is 8.78 Å². The number of ether oxygens (including phenoxy) is 2. The zero-order chi connectivity index (χ0) is 14.1. The Morgan fingerprint density at radius 2 is 2.10 bits per heavy atom. The summed E-state index contributed by atoms with van der Waals surface area (Å²) in [5.74, 6) is 1.16. The number of aromatic nitrogens is 2. The molecule has 3 rings (SSSR count). The van der Waals surface area contributed by atoms with Crippen LogP contribution in [0.1, 0.15) is 19.8 Å². The fourth-order valence-corrected chi connectivity index (χ4v) is 2.54. The molecule has 2 aliphatic rings. The van der Waals surface area contributed by atoms with Gasteiger partial charge in [0.25, 0.3) is 0 Å². The van der Waals surface area contributed by atoms with E-state index in [-0.39, 0.29) is 18.1 Å². The van der Waals surface area contributed by atoms with Crippen LogP contribution in [0.25, 0.3) is 0 Å². The highest BCUT2D eigenvalue weighted by Crippen LogP contribution is 2.37. The molecule has 1 saturated carbocycles. The fraction of sp³-hybridized carbons (Fsp3) is 0.692. The van der Waals surface area contributed by atoms with Crippen molar-refractivity contribution in [2.24, 2.45) is 5.92 Å². The van der Waals surface area contributed by atoms with E-state index in [1.165, 1.54) is 18.9 Å². The van der Waals surface area contributed by atoms with Gasteiger partial charge in [0.15, 0.2) is 5.82 Å². The van der Waals surface area contributed by atoms with Crippen LogP contribution in [0, 0.1) is 5.92 Å². The van der Waals surface area contributed by atoms with Crippen LogP contribution < -0.4 is 9.64 Å². The number of hydrogen-bond donors (Lipinski definition) is 0. The molecule has 0 aromatic carbocycles. The Bertz CT molecular complexity index is 453. The van der Waals surface area contributed by atoms with Crippen molar-refractivity contribution in [3.63, 3.8) is 0 Å². The number of alkyl halides is 2. The van der Waals surface area contributed by atoms with Gasteiger partial charge in [0.1, 0.15) is 0 Å². The Balaban J connectivity index is 1.67. The average Bonchev–Trinajstić information content (AvgIpc) is 3.22. The summed E-state index contributed by atoms with van der Waals surface area (Å²) in [6, 6.07) is 3.08. The molecule has 7 heteroatoms. The largest absolute Gasteiger partial charge is 0.415 e. The minimum Gasteiger partial charge on any atom is -0.415 e. The molecule has 1 aromatic heterocycles. The lowest BCUT2D eigenvalue weighted by atomic mass is 10.1. The summed E-state index contributed by atoms with van der Waals surface area (Å²) in [4.78, 5) is 2.09. The molecule has 2 atom stereocenters. The monoisotopic (exact) mass is 285 g/mol. The maximum absolute atomic E-state index is 12.1. The van der Waals surface area contributed by atoms with Gasteiger partial charge in [-0.3, -0.25) is 0 Å². The van der Waals surface area contributed by atoms with Gasteiger partial charge < -0.3 is 14.4 Å². The second kappa shape index (κ2) is 5.47. The molecule has 1 saturated heterocycles. The molecule has 0 spiro atoms. The Hall–Kier alpha value is -1.50. The first kappa shape index (κ1) is 13.5. The van der Waals surface area contributed by atoms with Gasteiger partial charge in [-0.25, -0.2) is 0 Å². The van der Waals surface area contributed by atoms with Crippen LogP contribution in [-0.2, 0) is 4.74 Å². The lowest BCUT2D eigenvalue weighted by molar-refractivity contribution is -0.0534. The topological polar surface area (TPSA) is 47.5 Å². The zero-order valence-corrected chi connectivity index (χ0v) is 11.2. The SMILES string of the molecule is CC1CN(c2ccc(OC(F)F)nn2)CC(C2CC2)O1. The van der Waals surface area contributed by atoms with Crippen LogP contribution in [-0.4, -0.2) is 42.1 Å². The van der Waals surface area contributed by atoms with Gasteiger partial charge in [0, 0.05) is 19.2 Å². The molecule has 1 aliphatic carbocycles. The summed E-state index contributed by atoms with van der Waals surface area (Å²) in [7, 11) is 0. The summed E-state index contributed by atoms with van der Waals surface area (Å²) in [6.07, 6.45) is 2.81. The van der Waals surface area contributed by atoms with E-state index in [0.29, 0.717) is 11.7 Å². The van der Waals surface area contributed by atoms with Gasteiger partial charge in [0.2, 0.25) is 5.88 Å². The van der Waals surface area contributed by atoms with Gasteiger partial charge in [-0.15, -0.1) is 10.2 Å². The predicted molar refractivity (Wildman–Crippen MR) is 67.9 cm³/mol. The minimum absolute atomic E-state index is 0.133. The van der Waals surface area contributed by atoms with E-state index in [9.17, 15) is 8.78 Å². The quantitative estimate of drug-likeness (QED) is 0.847. The molecule has 110 valence electrons. The molecular weight excluding hydrogens is 268 g/mol. The molecular formula is C13H17F2N3O2. The Morgan fingerprint density at radius 1 is 1.30 bits per heavy atom. The second-order valence-electron chi connectivity index (χ2n) is 5.34. The first-order valence-electron chi connectivity index (χ1n) is 6.81. The zero-order valence-electron chi connectivity index (χ0n) is 11.2. The summed E-state index contributed by atoms with van der Waals surface area (Å²) in [5, 5.41) is 7.64. The van der Waals surface area contributed by atoms with Gasteiger partial charge in [-0.05, 0) is 31.7 Å². The maximum atomic E-state index is 12.1. The van der Waals surface area contributed by atoms with Crippen molar-refractivity contribution in [3.05, 3.63) is 12.1 Å². The molecule has 20 heavy (non-hydrogen) atoms. The summed E-state index contributed by atoms with van der Waals surface area (Å²) >= 11 is 0.